The highest BCUT2D eigenvalue weighted by Gasteiger charge is 2.34. The fourth-order valence-corrected chi connectivity index (χ4v) is 2.61. The normalized spacial score (nSPS) is 18.8. The number of nitrogens with zero attached hydrogens (tertiary/aromatic N) is 1. The Morgan fingerprint density at radius 2 is 2.15 bits per heavy atom. The zero-order chi connectivity index (χ0) is 14.5. The zero-order valence-electron chi connectivity index (χ0n) is 12.2. The number of rotatable bonds is 4. The lowest BCUT2D eigenvalue weighted by Gasteiger charge is -2.36. The van der Waals surface area contributed by atoms with Gasteiger partial charge < -0.3 is 10.2 Å². The number of nitrogens with one attached hydrogen (secondary N) is 1. The number of hydrogen-bond acceptors (Lipinski definition) is 2. The van der Waals surface area contributed by atoms with Crippen molar-refractivity contribution in [3.05, 3.63) is 35.4 Å². The number of aryl methyl sites for hydroxylation is 1. The molecule has 4 nitrogen and oxygen atoms in total. The van der Waals surface area contributed by atoms with E-state index in [4.69, 9.17) is 0 Å². The molecular weight excluding hydrogens is 252 g/mol. The van der Waals surface area contributed by atoms with Gasteiger partial charge in [0.2, 0.25) is 11.8 Å². The summed E-state index contributed by atoms with van der Waals surface area (Å²) in [5, 5.41) is 2.87. The molecule has 2 rings (SSSR count). The van der Waals surface area contributed by atoms with Gasteiger partial charge in [0, 0.05) is 19.5 Å². The first kappa shape index (κ1) is 14.6. The zero-order valence-corrected chi connectivity index (χ0v) is 12.2. The van der Waals surface area contributed by atoms with Gasteiger partial charge in [-0.1, -0.05) is 37.6 Å². The standard InChI is InChI=1S/C16H22N2O2/c1-3-4-9-14(19)18-11-10-17-16(20)15(18)13-8-6-5-7-12(13)2/h5-8,15H,3-4,9-11H2,1-2H3,(H,17,20). The van der Waals surface area contributed by atoms with Crippen molar-refractivity contribution in [2.75, 3.05) is 13.1 Å². The van der Waals surface area contributed by atoms with Crippen LogP contribution in [0.15, 0.2) is 24.3 Å². The second-order valence-corrected chi connectivity index (χ2v) is 5.24. The van der Waals surface area contributed by atoms with Crippen molar-refractivity contribution >= 4 is 11.8 Å². The van der Waals surface area contributed by atoms with Gasteiger partial charge in [0.15, 0.2) is 0 Å². The Labute approximate surface area is 120 Å². The maximum Gasteiger partial charge on any atom is 0.247 e. The minimum Gasteiger partial charge on any atom is -0.352 e. The van der Waals surface area contributed by atoms with Gasteiger partial charge in [-0.3, -0.25) is 9.59 Å². The molecular formula is C16H22N2O2. The van der Waals surface area contributed by atoms with Gasteiger partial charge in [-0.2, -0.15) is 0 Å². The molecule has 0 saturated carbocycles. The number of carbonyl (C=O) groups is 2. The molecule has 1 aromatic carbocycles. The molecule has 108 valence electrons. The van der Waals surface area contributed by atoms with E-state index >= 15 is 0 Å². The first-order valence-corrected chi connectivity index (χ1v) is 7.28. The molecule has 1 N–H and O–H groups in total. The van der Waals surface area contributed by atoms with Crippen LogP contribution < -0.4 is 5.32 Å². The van der Waals surface area contributed by atoms with E-state index in [0.29, 0.717) is 19.5 Å². The topological polar surface area (TPSA) is 49.4 Å². The van der Waals surface area contributed by atoms with Crippen LogP contribution >= 0.6 is 0 Å². The Bertz CT molecular complexity index is 499. The molecule has 0 spiro atoms. The number of hydrogen-bond donors (Lipinski definition) is 1. The molecule has 1 fully saturated rings. The molecule has 1 atom stereocenters. The minimum absolute atomic E-state index is 0.0737. The van der Waals surface area contributed by atoms with Crippen LogP contribution in [0, 0.1) is 6.92 Å². The molecule has 0 aromatic heterocycles. The molecule has 0 aliphatic carbocycles. The number of piperazine rings is 1. The predicted molar refractivity (Wildman–Crippen MR) is 78.2 cm³/mol. The second kappa shape index (κ2) is 6.55. The number of unbranched alkanes of at least 4 members (excludes halogenated alkanes) is 1. The molecule has 0 bridgehead atoms. The smallest absolute Gasteiger partial charge is 0.247 e. The first-order chi connectivity index (χ1) is 9.65. The highest BCUT2D eigenvalue weighted by molar-refractivity contribution is 5.90. The van der Waals surface area contributed by atoms with Gasteiger partial charge in [0.05, 0.1) is 0 Å². The highest BCUT2D eigenvalue weighted by atomic mass is 16.2. The molecule has 1 saturated heterocycles. The van der Waals surface area contributed by atoms with Gasteiger partial charge in [0.25, 0.3) is 0 Å². The number of carbonyl (C=O) groups excluding carboxylic acids is 2. The van der Waals surface area contributed by atoms with Crippen LogP contribution in [0.25, 0.3) is 0 Å². The summed E-state index contributed by atoms with van der Waals surface area (Å²) < 4.78 is 0. The van der Waals surface area contributed by atoms with Crippen molar-refractivity contribution in [3.63, 3.8) is 0 Å². The lowest BCUT2D eigenvalue weighted by atomic mass is 9.97. The van der Waals surface area contributed by atoms with Crippen LogP contribution in [0.1, 0.15) is 43.4 Å². The minimum atomic E-state index is -0.477. The predicted octanol–water partition coefficient (Wildman–Crippen LogP) is 2.18. The van der Waals surface area contributed by atoms with Crippen LogP contribution in [0.5, 0.6) is 0 Å². The summed E-state index contributed by atoms with van der Waals surface area (Å²) in [7, 11) is 0. The van der Waals surface area contributed by atoms with Gasteiger partial charge in [-0.15, -0.1) is 0 Å². The molecule has 1 heterocycles. The third-order valence-electron chi connectivity index (χ3n) is 3.76. The summed E-state index contributed by atoms with van der Waals surface area (Å²) in [6, 6.07) is 7.30. The van der Waals surface area contributed by atoms with Crippen LogP contribution in [0.2, 0.25) is 0 Å². The summed E-state index contributed by atoms with van der Waals surface area (Å²) in [6.07, 6.45) is 2.38. The van der Waals surface area contributed by atoms with Crippen LogP contribution in [0.4, 0.5) is 0 Å². The Kier molecular flexibility index (Phi) is 4.77. The number of amides is 2. The van der Waals surface area contributed by atoms with E-state index in [1.54, 1.807) is 4.90 Å². The van der Waals surface area contributed by atoms with Crippen molar-refractivity contribution in [3.8, 4) is 0 Å². The molecule has 0 radical (unpaired) electrons. The van der Waals surface area contributed by atoms with Crippen molar-refractivity contribution in [1.29, 1.82) is 0 Å². The van der Waals surface area contributed by atoms with Crippen molar-refractivity contribution < 1.29 is 9.59 Å². The van der Waals surface area contributed by atoms with Crippen LogP contribution in [0.3, 0.4) is 0 Å². The van der Waals surface area contributed by atoms with Gasteiger partial charge in [0.1, 0.15) is 6.04 Å². The maximum absolute atomic E-state index is 12.3. The van der Waals surface area contributed by atoms with E-state index in [9.17, 15) is 9.59 Å². The van der Waals surface area contributed by atoms with Gasteiger partial charge >= 0.3 is 0 Å². The van der Waals surface area contributed by atoms with Crippen LogP contribution in [-0.2, 0) is 9.59 Å². The Morgan fingerprint density at radius 1 is 1.40 bits per heavy atom. The average molecular weight is 274 g/mol. The van der Waals surface area contributed by atoms with Crippen molar-refractivity contribution in [2.45, 2.75) is 39.2 Å². The SMILES string of the molecule is CCCCC(=O)N1CCNC(=O)C1c1ccccc1C. The van der Waals surface area contributed by atoms with Crippen molar-refractivity contribution in [2.24, 2.45) is 0 Å². The fraction of sp³-hybridized carbons (Fsp3) is 0.500. The first-order valence-electron chi connectivity index (χ1n) is 7.28. The van der Waals surface area contributed by atoms with E-state index in [2.05, 4.69) is 12.2 Å². The monoisotopic (exact) mass is 274 g/mol. The number of benzene rings is 1. The lowest BCUT2D eigenvalue weighted by Crippen LogP contribution is -2.52. The Balaban J connectivity index is 2.27. The molecule has 20 heavy (non-hydrogen) atoms. The largest absolute Gasteiger partial charge is 0.352 e. The van der Waals surface area contributed by atoms with Gasteiger partial charge in [-0.05, 0) is 24.5 Å². The van der Waals surface area contributed by atoms with Crippen LogP contribution in [-0.4, -0.2) is 29.8 Å². The van der Waals surface area contributed by atoms with E-state index < -0.39 is 6.04 Å². The fourth-order valence-electron chi connectivity index (χ4n) is 2.61. The summed E-state index contributed by atoms with van der Waals surface area (Å²) in [6.45, 7) is 5.17. The summed E-state index contributed by atoms with van der Waals surface area (Å²) in [5.74, 6) is 0.00496. The Morgan fingerprint density at radius 3 is 2.85 bits per heavy atom. The second-order valence-electron chi connectivity index (χ2n) is 5.24. The molecule has 4 heteroatoms. The third kappa shape index (κ3) is 3.00. The summed E-state index contributed by atoms with van der Waals surface area (Å²) >= 11 is 0. The van der Waals surface area contributed by atoms with E-state index in [0.717, 1.165) is 24.0 Å². The third-order valence-corrected chi connectivity index (χ3v) is 3.76. The molecule has 1 unspecified atom stereocenters. The molecule has 1 aliphatic rings. The van der Waals surface area contributed by atoms with Crippen molar-refractivity contribution in [1.82, 2.24) is 10.2 Å². The molecule has 1 aromatic rings. The van der Waals surface area contributed by atoms with E-state index in [-0.39, 0.29) is 11.8 Å². The molecule has 2 amide bonds. The highest BCUT2D eigenvalue weighted by Crippen LogP contribution is 2.26. The molecule has 1 aliphatic heterocycles. The quantitative estimate of drug-likeness (QED) is 0.915. The van der Waals surface area contributed by atoms with E-state index in [1.807, 2.05) is 31.2 Å². The van der Waals surface area contributed by atoms with E-state index in [1.165, 1.54) is 0 Å². The Hall–Kier alpha value is -1.84. The van der Waals surface area contributed by atoms with Gasteiger partial charge in [-0.25, -0.2) is 0 Å². The lowest BCUT2D eigenvalue weighted by molar-refractivity contribution is -0.143. The summed E-state index contributed by atoms with van der Waals surface area (Å²) in [5.41, 5.74) is 1.97. The maximum atomic E-state index is 12.3. The summed E-state index contributed by atoms with van der Waals surface area (Å²) in [4.78, 5) is 26.3. The average Bonchev–Trinajstić information content (AvgIpc) is 2.45.